The number of allylic oxidation sites excluding steroid dienone is 8. The summed E-state index contributed by atoms with van der Waals surface area (Å²) in [6, 6.07) is 3.82. The lowest BCUT2D eigenvalue weighted by Gasteiger charge is -2.14. The van der Waals surface area contributed by atoms with Crippen molar-refractivity contribution in [2.24, 2.45) is 0 Å². The fourth-order valence-corrected chi connectivity index (χ4v) is 5.59. The second-order valence-electron chi connectivity index (χ2n) is 13.1. The highest BCUT2D eigenvalue weighted by atomic mass is 16.5. The van der Waals surface area contributed by atoms with Crippen LogP contribution in [-0.4, -0.2) is 19.5 Å². The molecule has 0 aliphatic heterocycles. The van der Waals surface area contributed by atoms with Crippen molar-refractivity contribution in [1.29, 1.82) is 0 Å². The van der Waals surface area contributed by atoms with Crippen LogP contribution in [0.1, 0.15) is 184 Å². The van der Waals surface area contributed by atoms with Crippen LogP contribution in [0, 0.1) is 6.92 Å². The van der Waals surface area contributed by atoms with Crippen LogP contribution < -0.4 is 9.47 Å². The average Bonchev–Trinajstić information content (AvgIpc) is 3.08. The Bertz CT molecular complexity index is 971. The first kappa shape index (κ1) is 42.5. The van der Waals surface area contributed by atoms with Crippen molar-refractivity contribution in [2.45, 2.75) is 175 Å². The van der Waals surface area contributed by atoms with E-state index >= 15 is 0 Å². The van der Waals surface area contributed by atoms with Crippen LogP contribution in [0.4, 0.5) is 0 Å². The molecular weight excluding hydrogens is 576 g/mol. The first-order chi connectivity index (χ1) is 23.2. The minimum atomic E-state index is 0.586. The van der Waals surface area contributed by atoms with Crippen molar-refractivity contribution >= 4 is 6.29 Å². The average molecular weight is 649 g/mol. The van der Waals surface area contributed by atoms with E-state index in [9.17, 15) is 4.79 Å². The molecule has 47 heavy (non-hydrogen) atoms. The Labute approximate surface area is 291 Å². The smallest absolute Gasteiger partial charge is 0.153 e. The molecule has 0 aromatic heterocycles. The highest BCUT2D eigenvalue weighted by Crippen LogP contribution is 2.28. The quantitative estimate of drug-likeness (QED) is 0.0432. The van der Waals surface area contributed by atoms with Gasteiger partial charge in [-0.25, -0.2) is 0 Å². The van der Waals surface area contributed by atoms with E-state index in [0.717, 1.165) is 43.3 Å². The SMILES string of the molecule is CCCCC/C=C\C/C=C\CCCCCCCCOc1cc(C=O)c(OCCCCCCCC/C=C\C/C=C\CCCCC)cc1C. The Balaban J connectivity index is 2.06. The summed E-state index contributed by atoms with van der Waals surface area (Å²) in [5.74, 6) is 1.48. The van der Waals surface area contributed by atoms with Gasteiger partial charge in [0.1, 0.15) is 11.5 Å². The molecule has 0 saturated heterocycles. The van der Waals surface area contributed by atoms with Crippen LogP contribution in [-0.2, 0) is 0 Å². The molecule has 0 amide bonds. The number of carbonyl (C=O) groups is 1. The molecule has 1 aromatic rings. The molecule has 0 unspecified atom stereocenters. The number of hydrogen-bond acceptors (Lipinski definition) is 3. The Morgan fingerprint density at radius 2 is 0.851 bits per heavy atom. The van der Waals surface area contributed by atoms with E-state index in [1.807, 2.05) is 19.1 Å². The lowest BCUT2D eigenvalue weighted by Crippen LogP contribution is -2.03. The van der Waals surface area contributed by atoms with E-state index in [1.165, 1.54) is 128 Å². The molecule has 0 fully saturated rings. The zero-order valence-corrected chi connectivity index (χ0v) is 31.0. The Hall–Kier alpha value is -2.55. The normalized spacial score (nSPS) is 12.0. The molecular formula is C44H72O3. The fraction of sp³-hybridized carbons (Fsp3) is 0.659. The van der Waals surface area contributed by atoms with Gasteiger partial charge >= 0.3 is 0 Å². The van der Waals surface area contributed by atoms with Crippen molar-refractivity contribution < 1.29 is 14.3 Å². The molecule has 0 saturated carbocycles. The first-order valence-corrected chi connectivity index (χ1v) is 19.7. The molecule has 0 bridgehead atoms. The number of benzene rings is 1. The van der Waals surface area contributed by atoms with Gasteiger partial charge in [0.05, 0.1) is 18.8 Å². The lowest BCUT2D eigenvalue weighted by molar-refractivity contribution is 0.111. The fourth-order valence-electron chi connectivity index (χ4n) is 5.59. The minimum Gasteiger partial charge on any atom is -0.493 e. The highest BCUT2D eigenvalue weighted by Gasteiger charge is 2.09. The van der Waals surface area contributed by atoms with Gasteiger partial charge in [-0.05, 0) is 102 Å². The Morgan fingerprint density at radius 3 is 1.28 bits per heavy atom. The molecule has 0 aliphatic rings. The summed E-state index contributed by atoms with van der Waals surface area (Å²) < 4.78 is 12.1. The van der Waals surface area contributed by atoms with E-state index in [1.54, 1.807) is 0 Å². The summed E-state index contributed by atoms with van der Waals surface area (Å²) >= 11 is 0. The van der Waals surface area contributed by atoms with Gasteiger partial charge < -0.3 is 9.47 Å². The zero-order valence-electron chi connectivity index (χ0n) is 31.0. The summed E-state index contributed by atoms with van der Waals surface area (Å²) in [4.78, 5) is 11.8. The summed E-state index contributed by atoms with van der Waals surface area (Å²) in [5.41, 5.74) is 1.62. The molecule has 3 nitrogen and oxygen atoms in total. The van der Waals surface area contributed by atoms with Gasteiger partial charge in [-0.15, -0.1) is 0 Å². The molecule has 3 heteroatoms. The zero-order chi connectivity index (χ0) is 33.9. The number of rotatable bonds is 33. The molecule has 0 radical (unpaired) electrons. The van der Waals surface area contributed by atoms with E-state index in [2.05, 4.69) is 62.5 Å². The van der Waals surface area contributed by atoms with E-state index < -0.39 is 0 Å². The largest absolute Gasteiger partial charge is 0.493 e. The number of aryl methyl sites for hydroxylation is 1. The van der Waals surface area contributed by atoms with Gasteiger partial charge in [-0.3, -0.25) is 4.79 Å². The van der Waals surface area contributed by atoms with Crippen LogP contribution in [0.5, 0.6) is 11.5 Å². The molecule has 1 rings (SSSR count). The lowest BCUT2D eigenvalue weighted by atomic mass is 10.1. The third-order valence-corrected chi connectivity index (χ3v) is 8.64. The van der Waals surface area contributed by atoms with Gasteiger partial charge in [0.25, 0.3) is 0 Å². The van der Waals surface area contributed by atoms with Gasteiger partial charge in [0, 0.05) is 0 Å². The minimum absolute atomic E-state index is 0.586. The molecule has 1 aromatic carbocycles. The molecule has 266 valence electrons. The summed E-state index contributed by atoms with van der Waals surface area (Å²) in [6.07, 6.45) is 49.0. The monoisotopic (exact) mass is 649 g/mol. The van der Waals surface area contributed by atoms with E-state index in [-0.39, 0.29) is 0 Å². The number of aldehydes is 1. The van der Waals surface area contributed by atoms with Gasteiger partial charge in [0.2, 0.25) is 0 Å². The number of carbonyl (C=O) groups excluding carboxylic acids is 1. The van der Waals surface area contributed by atoms with Crippen LogP contribution >= 0.6 is 0 Å². The second kappa shape index (κ2) is 33.4. The van der Waals surface area contributed by atoms with Crippen LogP contribution in [0.15, 0.2) is 60.7 Å². The van der Waals surface area contributed by atoms with Crippen LogP contribution in [0.3, 0.4) is 0 Å². The molecule has 0 spiro atoms. The molecule has 0 atom stereocenters. The number of ether oxygens (including phenoxy) is 2. The third kappa shape index (κ3) is 26.1. The maximum absolute atomic E-state index is 11.8. The second-order valence-corrected chi connectivity index (χ2v) is 13.1. The Morgan fingerprint density at radius 1 is 0.468 bits per heavy atom. The number of unbranched alkanes of at least 4 members (excludes halogenated alkanes) is 18. The predicted octanol–water partition coefficient (Wildman–Crippen LogP) is 14.2. The van der Waals surface area contributed by atoms with Gasteiger partial charge in [0.15, 0.2) is 6.29 Å². The van der Waals surface area contributed by atoms with Crippen molar-refractivity contribution in [3.8, 4) is 11.5 Å². The summed E-state index contributed by atoms with van der Waals surface area (Å²) in [5, 5.41) is 0. The van der Waals surface area contributed by atoms with E-state index in [0.29, 0.717) is 24.5 Å². The molecule has 0 heterocycles. The molecule has 0 aliphatic carbocycles. The Kier molecular flexibility index (Phi) is 30.1. The molecule has 0 N–H and O–H groups in total. The first-order valence-electron chi connectivity index (χ1n) is 19.7. The third-order valence-electron chi connectivity index (χ3n) is 8.64. The van der Waals surface area contributed by atoms with E-state index in [4.69, 9.17) is 9.47 Å². The van der Waals surface area contributed by atoms with Crippen molar-refractivity contribution in [2.75, 3.05) is 13.2 Å². The topological polar surface area (TPSA) is 35.5 Å². The highest BCUT2D eigenvalue weighted by molar-refractivity contribution is 5.80. The van der Waals surface area contributed by atoms with Crippen LogP contribution in [0.25, 0.3) is 0 Å². The maximum atomic E-state index is 11.8. The van der Waals surface area contributed by atoms with Gasteiger partial charge in [-0.1, -0.05) is 140 Å². The van der Waals surface area contributed by atoms with Crippen molar-refractivity contribution in [1.82, 2.24) is 0 Å². The summed E-state index contributed by atoms with van der Waals surface area (Å²) in [6.45, 7) is 7.90. The number of hydrogen-bond donors (Lipinski definition) is 0. The van der Waals surface area contributed by atoms with Crippen molar-refractivity contribution in [3.63, 3.8) is 0 Å². The standard InChI is InChI=1S/C44H72O3/c1-4-6-8-10-12-14-16-18-20-22-24-26-28-30-32-34-36-46-43-39-42(40-45)44(38-41(43)3)47-37-35-33-31-29-27-25-23-21-19-17-15-13-11-9-7-5-2/h12-15,18-21,38-40H,4-11,16-17,22-37H2,1-3H3/b14-12-,15-13-,20-18-,21-19-. The summed E-state index contributed by atoms with van der Waals surface area (Å²) in [7, 11) is 0. The maximum Gasteiger partial charge on any atom is 0.153 e. The van der Waals surface area contributed by atoms with Gasteiger partial charge in [-0.2, -0.15) is 0 Å². The van der Waals surface area contributed by atoms with Crippen molar-refractivity contribution in [3.05, 3.63) is 71.9 Å². The van der Waals surface area contributed by atoms with Crippen LogP contribution in [0.2, 0.25) is 0 Å². The predicted molar refractivity (Wildman–Crippen MR) is 206 cm³/mol.